The van der Waals surface area contributed by atoms with Gasteiger partial charge in [-0.3, -0.25) is 0 Å². The van der Waals surface area contributed by atoms with Gasteiger partial charge in [-0.25, -0.2) is 0 Å². The molecule has 0 unspecified atom stereocenters. The molecule has 2 rings (SSSR count). The molecule has 0 fully saturated rings. The van der Waals surface area contributed by atoms with Crippen molar-refractivity contribution in [3.8, 4) is 0 Å². The van der Waals surface area contributed by atoms with E-state index in [9.17, 15) is 0 Å². The SMILES string of the molecule is C=Cc1c(C)cc2ccccc2c1C. The third kappa shape index (κ3) is 1.24. The maximum Gasteiger partial charge on any atom is -0.0149 e. The minimum Gasteiger partial charge on any atom is -0.0984 e. The molecule has 14 heavy (non-hydrogen) atoms. The third-order valence-electron chi connectivity index (χ3n) is 2.77. The summed E-state index contributed by atoms with van der Waals surface area (Å²) in [6.07, 6.45) is 1.94. The Balaban J connectivity index is 2.92. The Bertz CT molecular complexity index is 493. The zero-order chi connectivity index (χ0) is 10.1. The molecule has 0 bridgehead atoms. The quantitative estimate of drug-likeness (QED) is 0.623. The van der Waals surface area contributed by atoms with Gasteiger partial charge < -0.3 is 0 Å². The fraction of sp³-hybridized carbons (Fsp3) is 0.143. The molecule has 0 nitrogen and oxygen atoms in total. The van der Waals surface area contributed by atoms with Crippen molar-refractivity contribution in [3.05, 3.63) is 53.6 Å². The van der Waals surface area contributed by atoms with E-state index in [2.05, 4.69) is 50.8 Å². The maximum atomic E-state index is 3.86. The average molecular weight is 182 g/mol. The third-order valence-corrected chi connectivity index (χ3v) is 2.77. The fourth-order valence-corrected chi connectivity index (χ4v) is 2.03. The Morgan fingerprint density at radius 2 is 1.86 bits per heavy atom. The number of aryl methyl sites for hydroxylation is 2. The van der Waals surface area contributed by atoms with Gasteiger partial charge in [0.25, 0.3) is 0 Å². The van der Waals surface area contributed by atoms with Gasteiger partial charge in [0, 0.05) is 0 Å². The number of hydrogen-bond acceptors (Lipinski definition) is 0. The van der Waals surface area contributed by atoms with Crippen LogP contribution < -0.4 is 0 Å². The van der Waals surface area contributed by atoms with Gasteiger partial charge >= 0.3 is 0 Å². The lowest BCUT2D eigenvalue weighted by Gasteiger charge is -2.09. The molecule has 0 saturated carbocycles. The maximum absolute atomic E-state index is 3.86. The molecule has 0 aliphatic carbocycles. The molecule has 0 amide bonds. The van der Waals surface area contributed by atoms with Gasteiger partial charge in [0.1, 0.15) is 0 Å². The van der Waals surface area contributed by atoms with Crippen LogP contribution in [-0.2, 0) is 0 Å². The second-order valence-electron chi connectivity index (χ2n) is 3.66. The van der Waals surface area contributed by atoms with Crippen molar-refractivity contribution < 1.29 is 0 Å². The van der Waals surface area contributed by atoms with Crippen LogP contribution in [0, 0.1) is 13.8 Å². The molecule has 0 N–H and O–H groups in total. The lowest BCUT2D eigenvalue weighted by atomic mass is 9.96. The number of hydrogen-bond donors (Lipinski definition) is 0. The van der Waals surface area contributed by atoms with Gasteiger partial charge in [-0.05, 0) is 41.3 Å². The highest BCUT2D eigenvalue weighted by atomic mass is 14.1. The highest BCUT2D eigenvalue weighted by molar-refractivity contribution is 5.89. The molecular formula is C14H14. The van der Waals surface area contributed by atoms with Crippen molar-refractivity contribution >= 4 is 16.8 Å². The highest BCUT2D eigenvalue weighted by Crippen LogP contribution is 2.25. The highest BCUT2D eigenvalue weighted by Gasteiger charge is 2.03. The Morgan fingerprint density at radius 3 is 2.57 bits per heavy atom. The summed E-state index contributed by atoms with van der Waals surface area (Å²) in [6, 6.07) is 10.7. The molecule has 2 aromatic carbocycles. The first-order chi connectivity index (χ1) is 6.74. The average Bonchev–Trinajstić information content (AvgIpc) is 2.18. The molecule has 0 radical (unpaired) electrons. The zero-order valence-corrected chi connectivity index (χ0v) is 8.67. The summed E-state index contributed by atoms with van der Waals surface area (Å²) in [6.45, 7) is 8.15. The van der Waals surface area contributed by atoms with E-state index in [1.165, 1.54) is 27.5 Å². The molecule has 0 aliphatic heterocycles. The monoisotopic (exact) mass is 182 g/mol. The van der Waals surface area contributed by atoms with Crippen LogP contribution in [0.25, 0.3) is 16.8 Å². The van der Waals surface area contributed by atoms with E-state index >= 15 is 0 Å². The van der Waals surface area contributed by atoms with Crippen LogP contribution in [-0.4, -0.2) is 0 Å². The second kappa shape index (κ2) is 3.30. The molecule has 0 saturated heterocycles. The van der Waals surface area contributed by atoms with Crippen LogP contribution in [0.4, 0.5) is 0 Å². The van der Waals surface area contributed by atoms with Gasteiger partial charge in [-0.2, -0.15) is 0 Å². The first kappa shape index (κ1) is 9.01. The minimum absolute atomic E-state index is 1.27. The van der Waals surface area contributed by atoms with Crippen LogP contribution >= 0.6 is 0 Å². The van der Waals surface area contributed by atoms with Crippen LogP contribution in [0.15, 0.2) is 36.9 Å². The van der Waals surface area contributed by atoms with E-state index in [1.807, 2.05) is 6.08 Å². The van der Waals surface area contributed by atoms with Crippen LogP contribution in [0.1, 0.15) is 16.7 Å². The van der Waals surface area contributed by atoms with Gasteiger partial charge in [0.15, 0.2) is 0 Å². The molecule has 0 aromatic heterocycles. The molecule has 0 heterocycles. The Kier molecular flexibility index (Phi) is 2.12. The standard InChI is InChI=1S/C14H14/c1-4-13-10(2)9-12-7-5-6-8-14(12)11(13)3/h4-9H,1H2,2-3H3. The Labute approximate surface area is 84.9 Å². The Hall–Kier alpha value is -1.56. The Morgan fingerprint density at radius 1 is 1.14 bits per heavy atom. The van der Waals surface area contributed by atoms with Crippen molar-refractivity contribution in [3.63, 3.8) is 0 Å². The summed E-state index contributed by atoms with van der Waals surface area (Å²) in [5.74, 6) is 0. The summed E-state index contributed by atoms with van der Waals surface area (Å²) < 4.78 is 0. The number of benzene rings is 2. The topological polar surface area (TPSA) is 0 Å². The van der Waals surface area contributed by atoms with Crippen molar-refractivity contribution in [2.75, 3.05) is 0 Å². The van der Waals surface area contributed by atoms with Gasteiger partial charge in [0.05, 0.1) is 0 Å². The first-order valence-electron chi connectivity index (χ1n) is 4.85. The molecule has 0 spiro atoms. The van der Waals surface area contributed by atoms with Crippen LogP contribution in [0.3, 0.4) is 0 Å². The summed E-state index contributed by atoms with van der Waals surface area (Å²) in [7, 11) is 0. The predicted octanol–water partition coefficient (Wildman–Crippen LogP) is 4.10. The van der Waals surface area contributed by atoms with Gasteiger partial charge in [0.2, 0.25) is 0 Å². The summed E-state index contributed by atoms with van der Waals surface area (Å²) in [5, 5.41) is 2.64. The van der Waals surface area contributed by atoms with E-state index in [-0.39, 0.29) is 0 Å². The fourth-order valence-electron chi connectivity index (χ4n) is 2.03. The van der Waals surface area contributed by atoms with E-state index in [4.69, 9.17) is 0 Å². The smallest absolute Gasteiger partial charge is 0.0149 e. The van der Waals surface area contributed by atoms with E-state index < -0.39 is 0 Å². The summed E-state index contributed by atoms with van der Waals surface area (Å²) in [4.78, 5) is 0. The largest absolute Gasteiger partial charge is 0.0984 e. The molecular weight excluding hydrogens is 168 g/mol. The predicted molar refractivity (Wildman–Crippen MR) is 63.5 cm³/mol. The van der Waals surface area contributed by atoms with Crippen LogP contribution in [0.2, 0.25) is 0 Å². The van der Waals surface area contributed by atoms with Gasteiger partial charge in [-0.1, -0.05) is 43.0 Å². The second-order valence-corrected chi connectivity index (χ2v) is 3.66. The van der Waals surface area contributed by atoms with Crippen molar-refractivity contribution in [1.82, 2.24) is 0 Å². The zero-order valence-electron chi connectivity index (χ0n) is 8.67. The van der Waals surface area contributed by atoms with Crippen molar-refractivity contribution in [2.24, 2.45) is 0 Å². The number of rotatable bonds is 1. The normalized spacial score (nSPS) is 10.4. The molecule has 0 aliphatic rings. The molecule has 2 aromatic rings. The van der Waals surface area contributed by atoms with E-state index in [1.54, 1.807) is 0 Å². The van der Waals surface area contributed by atoms with Gasteiger partial charge in [-0.15, -0.1) is 0 Å². The van der Waals surface area contributed by atoms with E-state index in [0.29, 0.717) is 0 Å². The molecule has 70 valence electrons. The van der Waals surface area contributed by atoms with Crippen molar-refractivity contribution in [1.29, 1.82) is 0 Å². The summed E-state index contributed by atoms with van der Waals surface area (Å²) in [5.41, 5.74) is 3.90. The molecule has 0 heteroatoms. The van der Waals surface area contributed by atoms with Crippen molar-refractivity contribution in [2.45, 2.75) is 13.8 Å². The lowest BCUT2D eigenvalue weighted by Crippen LogP contribution is -1.88. The molecule has 0 atom stereocenters. The lowest BCUT2D eigenvalue weighted by molar-refractivity contribution is 1.40. The van der Waals surface area contributed by atoms with Crippen LogP contribution in [0.5, 0.6) is 0 Å². The first-order valence-corrected chi connectivity index (χ1v) is 4.85. The van der Waals surface area contributed by atoms with E-state index in [0.717, 1.165) is 0 Å². The number of fused-ring (bicyclic) bond motifs is 1. The minimum atomic E-state index is 1.27. The summed E-state index contributed by atoms with van der Waals surface area (Å²) >= 11 is 0.